The maximum absolute atomic E-state index is 9.07. The van der Waals surface area contributed by atoms with Gasteiger partial charge in [0.25, 0.3) is 0 Å². The minimum atomic E-state index is 0.320. The van der Waals surface area contributed by atoms with Gasteiger partial charge in [0.05, 0.1) is 0 Å². The minimum Gasteiger partial charge on any atom is -0.508 e. The molecule has 2 N–H and O–H groups in total. The average molecular weight is 211 g/mol. The van der Waals surface area contributed by atoms with E-state index in [4.69, 9.17) is 5.11 Å². The molecule has 0 aromatic heterocycles. The summed E-state index contributed by atoms with van der Waals surface area (Å²) in [4.78, 5) is 1.14. The van der Waals surface area contributed by atoms with Crippen LogP contribution in [0.3, 0.4) is 0 Å². The summed E-state index contributed by atoms with van der Waals surface area (Å²) in [6.45, 7) is 3.24. The Balaban J connectivity index is 2.15. The van der Waals surface area contributed by atoms with Crippen LogP contribution in [-0.2, 0) is 0 Å². The molecular formula is C11H17NOS. The Hall–Kier alpha value is -0.670. The largest absolute Gasteiger partial charge is 0.508 e. The molecule has 0 bridgehead atoms. The minimum absolute atomic E-state index is 0.320. The molecule has 0 aliphatic heterocycles. The molecule has 0 aliphatic carbocycles. The summed E-state index contributed by atoms with van der Waals surface area (Å²) >= 11 is 1.62. The molecule has 0 radical (unpaired) electrons. The van der Waals surface area contributed by atoms with Crippen molar-refractivity contribution in [2.75, 3.05) is 6.54 Å². The van der Waals surface area contributed by atoms with Gasteiger partial charge in [-0.1, -0.05) is 19.8 Å². The molecule has 1 rings (SSSR count). The molecule has 0 amide bonds. The van der Waals surface area contributed by atoms with Crippen molar-refractivity contribution in [3.05, 3.63) is 24.3 Å². The van der Waals surface area contributed by atoms with E-state index in [1.807, 2.05) is 12.1 Å². The standard InChI is InChI=1S/C11H17NOS/c1-2-3-4-9-12-14-11-7-5-10(13)6-8-11/h5-8,12-13H,2-4,9H2,1H3. The van der Waals surface area contributed by atoms with Gasteiger partial charge in [0, 0.05) is 11.4 Å². The number of phenolic OH excluding ortho intramolecular Hbond substituents is 1. The first-order valence-electron chi connectivity index (χ1n) is 5.01. The summed E-state index contributed by atoms with van der Waals surface area (Å²) in [7, 11) is 0. The third-order valence-electron chi connectivity index (χ3n) is 1.91. The molecule has 0 aliphatic rings. The summed E-state index contributed by atoms with van der Waals surface area (Å²) in [6, 6.07) is 7.23. The van der Waals surface area contributed by atoms with Crippen molar-refractivity contribution in [2.45, 2.75) is 31.1 Å². The van der Waals surface area contributed by atoms with Crippen LogP contribution in [0.4, 0.5) is 0 Å². The lowest BCUT2D eigenvalue weighted by molar-refractivity contribution is 0.475. The van der Waals surface area contributed by atoms with Crippen molar-refractivity contribution >= 4 is 11.9 Å². The number of nitrogens with one attached hydrogen (secondary N) is 1. The lowest BCUT2D eigenvalue weighted by Gasteiger charge is -2.03. The van der Waals surface area contributed by atoms with E-state index in [0.29, 0.717) is 5.75 Å². The smallest absolute Gasteiger partial charge is 0.115 e. The van der Waals surface area contributed by atoms with E-state index < -0.39 is 0 Å². The molecule has 0 atom stereocenters. The molecule has 0 saturated carbocycles. The second-order valence-electron chi connectivity index (χ2n) is 3.20. The SMILES string of the molecule is CCCCCNSc1ccc(O)cc1. The summed E-state index contributed by atoms with van der Waals surface area (Å²) < 4.78 is 3.29. The zero-order valence-electron chi connectivity index (χ0n) is 8.49. The highest BCUT2D eigenvalue weighted by Gasteiger charge is 1.93. The predicted octanol–water partition coefficient (Wildman–Crippen LogP) is 3.18. The number of hydrogen-bond donors (Lipinski definition) is 2. The molecule has 14 heavy (non-hydrogen) atoms. The fourth-order valence-corrected chi connectivity index (χ4v) is 1.78. The van der Waals surface area contributed by atoms with Gasteiger partial charge in [-0.2, -0.15) is 0 Å². The summed E-state index contributed by atoms with van der Waals surface area (Å²) in [5.41, 5.74) is 0. The average Bonchev–Trinajstić information content (AvgIpc) is 2.21. The number of phenols is 1. The molecule has 0 unspecified atom stereocenters. The van der Waals surface area contributed by atoms with Crippen molar-refractivity contribution in [2.24, 2.45) is 0 Å². The lowest BCUT2D eigenvalue weighted by atomic mass is 10.3. The first kappa shape index (κ1) is 11.4. The van der Waals surface area contributed by atoms with E-state index in [-0.39, 0.29) is 0 Å². The van der Waals surface area contributed by atoms with Gasteiger partial charge in [0.1, 0.15) is 5.75 Å². The van der Waals surface area contributed by atoms with Gasteiger partial charge in [0.2, 0.25) is 0 Å². The van der Waals surface area contributed by atoms with Gasteiger partial charge in [-0.05, 0) is 42.6 Å². The summed E-state index contributed by atoms with van der Waals surface area (Å²) in [6.07, 6.45) is 3.76. The van der Waals surface area contributed by atoms with Crippen molar-refractivity contribution in [3.8, 4) is 5.75 Å². The Morgan fingerprint density at radius 3 is 2.57 bits per heavy atom. The van der Waals surface area contributed by atoms with Gasteiger partial charge in [-0.25, -0.2) is 0 Å². The first-order chi connectivity index (χ1) is 6.83. The highest BCUT2D eigenvalue weighted by molar-refractivity contribution is 7.97. The van der Waals surface area contributed by atoms with E-state index in [1.54, 1.807) is 24.1 Å². The zero-order valence-corrected chi connectivity index (χ0v) is 9.31. The van der Waals surface area contributed by atoms with Crippen molar-refractivity contribution in [1.82, 2.24) is 4.72 Å². The van der Waals surface area contributed by atoms with E-state index in [2.05, 4.69) is 11.6 Å². The van der Waals surface area contributed by atoms with Gasteiger partial charge >= 0.3 is 0 Å². The Morgan fingerprint density at radius 2 is 1.93 bits per heavy atom. The highest BCUT2D eigenvalue weighted by Crippen LogP contribution is 2.17. The van der Waals surface area contributed by atoms with Crippen molar-refractivity contribution in [1.29, 1.82) is 0 Å². The van der Waals surface area contributed by atoms with Crippen LogP contribution in [0.1, 0.15) is 26.2 Å². The van der Waals surface area contributed by atoms with Crippen LogP contribution < -0.4 is 4.72 Å². The quantitative estimate of drug-likeness (QED) is 0.560. The van der Waals surface area contributed by atoms with Crippen LogP contribution in [0.5, 0.6) is 5.75 Å². The van der Waals surface area contributed by atoms with Gasteiger partial charge in [0.15, 0.2) is 0 Å². The zero-order chi connectivity index (χ0) is 10.2. The number of unbranched alkanes of at least 4 members (excludes halogenated alkanes) is 2. The molecule has 78 valence electrons. The third-order valence-corrected chi connectivity index (χ3v) is 2.77. The fraction of sp³-hybridized carbons (Fsp3) is 0.455. The Kier molecular flexibility index (Phi) is 5.49. The fourth-order valence-electron chi connectivity index (χ4n) is 1.10. The molecule has 2 nitrogen and oxygen atoms in total. The van der Waals surface area contributed by atoms with Crippen LogP contribution >= 0.6 is 11.9 Å². The monoisotopic (exact) mass is 211 g/mol. The lowest BCUT2D eigenvalue weighted by Crippen LogP contribution is -2.04. The van der Waals surface area contributed by atoms with E-state index in [1.165, 1.54) is 19.3 Å². The molecule has 0 spiro atoms. The molecular weight excluding hydrogens is 194 g/mol. The van der Waals surface area contributed by atoms with Crippen LogP contribution in [0, 0.1) is 0 Å². The molecule has 0 heterocycles. The molecule has 1 aromatic carbocycles. The van der Waals surface area contributed by atoms with Crippen molar-refractivity contribution in [3.63, 3.8) is 0 Å². The second-order valence-corrected chi connectivity index (χ2v) is 4.16. The van der Waals surface area contributed by atoms with E-state index in [0.717, 1.165) is 11.4 Å². The number of benzene rings is 1. The third kappa shape index (κ3) is 4.53. The maximum Gasteiger partial charge on any atom is 0.115 e. The van der Waals surface area contributed by atoms with Crippen LogP contribution in [0.2, 0.25) is 0 Å². The topological polar surface area (TPSA) is 32.3 Å². The van der Waals surface area contributed by atoms with E-state index >= 15 is 0 Å². The number of rotatable bonds is 6. The van der Waals surface area contributed by atoms with Crippen LogP contribution in [0.25, 0.3) is 0 Å². The van der Waals surface area contributed by atoms with Gasteiger partial charge in [-0.3, -0.25) is 4.72 Å². The van der Waals surface area contributed by atoms with E-state index in [9.17, 15) is 0 Å². The second kappa shape index (κ2) is 6.74. The number of aromatic hydroxyl groups is 1. The normalized spacial score (nSPS) is 10.4. The highest BCUT2D eigenvalue weighted by atomic mass is 32.2. The number of hydrogen-bond acceptors (Lipinski definition) is 3. The van der Waals surface area contributed by atoms with Crippen LogP contribution in [0.15, 0.2) is 29.2 Å². The van der Waals surface area contributed by atoms with Crippen LogP contribution in [-0.4, -0.2) is 11.7 Å². The Labute approximate surface area is 89.9 Å². The molecule has 0 fully saturated rings. The Morgan fingerprint density at radius 1 is 1.21 bits per heavy atom. The van der Waals surface area contributed by atoms with Gasteiger partial charge < -0.3 is 5.11 Å². The molecule has 0 saturated heterocycles. The van der Waals surface area contributed by atoms with Crippen molar-refractivity contribution < 1.29 is 5.11 Å². The Bertz CT molecular complexity index is 248. The maximum atomic E-state index is 9.07. The predicted molar refractivity (Wildman–Crippen MR) is 61.5 cm³/mol. The summed E-state index contributed by atoms with van der Waals surface area (Å²) in [5.74, 6) is 0.320. The first-order valence-corrected chi connectivity index (χ1v) is 5.83. The summed E-state index contributed by atoms with van der Waals surface area (Å²) in [5, 5.41) is 9.07. The van der Waals surface area contributed by atoms with Gasteiger partial charge in [-0.15, -0.1) is 0 Å². The molecule has 1 aromatic rings. The molecule has 3 heteroatoms.